The van der Waals surface area contributed by atoms with Gasteiger partial charge in [0.15, 0.2) is 0 Å². The molecule has 0 aromatic heterocycles. The van der Waals surface area contributed by atoms with Crippen LogP contribution >= 0.6 is 0 Å². The molecule has 0 N–H and O–H groups in total. The van der Waals surface area contributed by atoms with Crippen molar-refractivity contribution in [2.75, 3.05) is 22.9 Å². The highest BCUT2D eigenvalue weighted by Crippen LogP contribution is 2.51. The number of ether oxygens (including phenoxy) is 2. The molecule has 4 heterocycles. The quantitative estimate of drug-likeness (QED) is 0.297. The van der Waals surface area contributed by atoms with Gasteiger partial charge in [-0.3, -0.25) is 9.59 Å². The minimum atomic E-state index is -1.30. The van der Waals surface area contributed by atoms with Gasteiger partial charge in [-0.15, -0.1) is 0 Å². The number of esters is 2. The second-order valence-corrected chi connectivity index (χ2v) is 10.4. The van der Waals surface area contributed by atoms with E-state index in [0.717, 1.165) is 11.4 Å². The van der Waals surface area contributed by atoms with Crippen LogP contribution in [0.15, 0.2) is 97.1 Å². The molecule has 0 aliphatic carbocycles. The Morgan fingerprint density at radius 3 is 1.45 bits per heavy atom. The van der Waals surface area contributed by atoms with Crippen molar-refractivity contribution in [2.45, 2.75) is 36.9 Å². The van der Waals surface area contributed by atoms with Crippen molar-refractivity contribution in [3.63, 3.8) is 0 Å². The maximum absolute atomic E-state index is 13.4. The van der Waals surface area contributed by atoms with Crippen LogP contribution in [0.2, 0.25) is 0 Å². The van der Waals surface area contributed by atoms with E-state index in [1.807, 2.05) is 72.8 Å². The van der Waals surface area contributed by atoms with Crippen LogP contribution in [-0.4, -0.2) is 36.8 Å². The molecule has 202 valence electrons. The molecular formula is C32H28N2O6. The maximum atomic E-state index is 13.4. The molecule has 2 fully saturated rings. The number of anilines is 2. The van der Waals surface area contributed by atoms with Gasteiger partial charge >= 0.3 is 11.9 Å². The Labute approximate surface area is 231 Å². The second-order valence-electron chi connectivity index (χ2n) is 10.4. The maximum Gasteiger partial charge on any atom is 0.335 e. The van der Waals surface area contributed by atoms with E-state index in [1.165, 1.54) is 0 Å². The van der Waals surface area contributed by atoms with E-state index in [0.29, 0.717) is 48.2 Å². The first-order valence-corrected chi connectivity index (χ1v) is 13.3. The predicted octanol–water partition coefficient (Wildman–Crippen LogP) is 4.37. The lowest BCUT2D eigenvalue weighted by atomic mass is 9.91. The number of nitrogens with zero attached hydrogens (tertiary/aromatic N) is 2. The lowest BCUT2D eigenvalue weighted by molar-refractivity contribution is -0.156. The number of amides is 2. The molecule has 2 aromatic rings. The van der Waals surface area contributed by atoms with Gasteiger partial charge < -0.3 is 19.3 Å². The Bertz CT molecular complexity index is 1400. The molecule has 40 heavy (non-hydrogen) atoms. The fraction of sp³-hybridized carbons (Fsp3) is 0.250. The minimum absolute atomic E-state index is 0.166. The summed E-state index contributed by atoms with van der Waals surface area (Å²) in [5.41, 5.74) is 0.913. The molecule has 2 unspecified atom stereocenters. The van der Waals surface area contributed by atoms with Gasteiger partial charge in [0.25, 0.3) is 11.8 Å². The molecule has 2 amide bonds. The van der Waals surface area contributed by atoms with Crippen molar-refractivity contribution in [1.29, 1.82) is 0 Å². The number of fused-ring (bicyclic) bond motifs is 4. The number of benzene rings is 2. The average molecular weight is 537 g/mol. The standard InChI is InChI=1S/C32H28N2O6/c1-21-19-31(39-27(21)35)23-13-7-9-15-25(23)33(29(31)37)17-11-5-3-4-6-12-18-34-26-16-10-8-14-24(26)32(30(34)38)20-22(2)28(36)40-32/h3-10,13-16H,1-2,11-12,17-20H2/b5-3+,6-4+. The molecule has 0 saturated carbocycles. The van der Waals surface area contributed by atoms with Gasteiger partial charge in [-0.2, -0.15) is 0 Å². The number of rotatable bonds is 7. The van der Waals surface area contributed by atoms with Crippen LogP contribution in [0.5, 0.6) is 0 Å². The van der Waals surface area contributed by atoms with Crippen molar-refractivity contribution in [3.8, 4) is 0 Å². The summed E-state index contributed by atoms with van der Waals surface area (Å²) in [4.78, 5) is 54.2. The van der Waals surface area contributed by atoms with Crippen LogP contribution in [0.3, 0.4) is 0 Å². The molecule has 0 radical (unpaired) electrons. The van der Waals surface area contributed by atoms with Gasteiger partial charge in [0.1, 0.15) is 0 Å². The van der Waals surface area contributed by atoms with Crippen LogP contribution in [0.1, 0.15) is 36.8 Å². The molecule has 2 saturated heterocycles. The fourth-order valence-corrected chi connectivity index (χ4v) is 6.00. The summed E-state index contributed by atoms with van der Waals surface area (Å²) in [5.74, 6) is -1.54. The number of hydrogen-bond acceptors (Lipinski definition) is 6. The second kappa shape index (κ2) is 9.48. The first-order valence-electron chi connectivity index (χ1n) is 13.3. The van der Waals surface area contributed by atoms with Crippen LogP contribution < -0.4 is 9.80 Å². The van der Waals surface area contributed by atoms with Gasteiger partial charge in [0, 0.05) is 48.2 Å². The summed E-state index contributed by atoms with van der Waals surface area (Å²) in [6, 6.07) is 14.8. The lowest BCUT2D eigenvalue weighted by Crippen LogP contribution is -2.40. The van der Waals surface area contributed by atoms with E-state index in [9.17, 15) is 19.2 Å². The summed E-state index contributed by atoms with van der Waals surface area (Å²) in [7, 11) is 0. The largest absolute Gasteiger partial charge is 0.440 e. The highest BCUT2D eigenvalue weighted by Gasteiger charge is 2.59. The molecule has 0 bridgehead atoms. The summed E-state index contributed by atoms with van der Waals surface area (Å²) >= 11 is 0. The normalized spacial score (nSPS) is 25.3. The average Bonchev–Trinajstić information content (AvgIpc) is 3.58. The SMILES string of the molecule is C=C1CC2(OC1=O)C(=O)N(CC/C=C/C=C/CCN1C(=O)C3(CC(=C)C(=O)O3)c3ccccc31)c1ccccc12. The van der Waals surface area contributed by atoms with Crippen molar-refractivity contribution < 1.29 is 28.7 Å². The Kier molecular flexibility index (Phi) is 6.06. The van der Waals surface area contributed by atoms with Crippen molar-refractivity contribution >= 4 is 35.1 Å². The Morgan fingerprint density at radius 1 is 0.675 bits per heavy atom. The molecular weight excluding hydrogens is 508 g/mol. The lowest BCUT2D eigenvalue weighted by Gasteiger charge is -2.22. The van der Waals surface area contributed by atoms with Gasteiger partial charge in [-0.1, -0.05) is 73.9 Å². The highest BCUT2D eigenvalue weighted by atomic mass is 16.6. The van der Waals surface area contributed by atoms with Crippen molar-refractivity contribution in [2.24, 2.45) is 0 Å². The number of carbonyl (C=O) groups is 4. The van der Waals surface area contributed by atoms with Crippen LogP contribution in [0.4, 0.5) is 11.4 Å². The number of para-hydroxylation sites is 2. The van der Waals surface area contributed by atoms with E-state index in [-0.39, 0.29) is 24.7 Å². The Balaban J connectivity index is 1.05. The van der Waals surface area contributed by atoms with Crippen molar-refractivity contribution in [1.82, 2.24) is 0 Å². The number of allylic oxidation sites excluding steroid dienone is 2. The third-order valence-corrected chi connectivity index (χ3v) is 7.90. The number of hydrogen-bond donors (Lipinski definition) is 0. The molecule has 6 rings (SSSR count). The summed E-state index contributed by atoms with van der Waals surface area (Å²) in [6.45, 7) is 8.39. The third kappa shape index (κ3) is 3.74. The predicted molar refractivity (Wildman–Crippen MR) is 148 cm³/mol. The van der Waals surface area contributed by atoms with Gasteiger partial charge in [0.05, 0.1) is 11.4 Å². The molecule has 2 spiro atoms. The Morgan fingerprint density at radius 2 is 1.07 bits per heavy atom. The van der Waals surface area contributed by atoms with E-state index in [4.69, 9.17) is 9.47 Å². The van der Waals surface area contributed by atoms with Gasteiger partial charge in [-0.05, 0) is 25.0 Å². The zero-order valence-electron chi connectivity index (χ0n) is 21.9. The first-order chi connectivity index (χ1) is 19.3. The topological polar surface area (TPSA) is 93.2 Å². The molecule has 8 heteroatoms. The highest BCUT2D eigenvalue weighted by molar-refractivity contribution is 6.12. The van der Waals surface area contributed by atoms with E-state index in [1.54, 1.807) is 9.80 Å². The van der Waals surface area contributed by atoms with Crippen LogP contribution in [-0.2, 0) is 39.9 Å². The van der Waals surface area contributed by atoms with Gasteiger partial charge in [-0.25, -0.2) is 9.59 Å². The third-order valence-electron chi connectivity index (χ3n) is 7.90. The summed E-state index contributed by atoms with van der Waals surface area (Å²) in [5, 5.41) is 0. The van der Waals surface area contributed by atoms with E-state index >= 15 is 0 Å². The first kappa shape index (κ1) is 25.6. The van der Waals surface area contributed by atoms with Crippen LogP contribution in [0.25, 0.3) is 0 Å². The zero-order chi connectivity index (χ0) is 28.1. The smallest absolute Gasteiger partial charge is 0.335 e. The molecule has 4 aliphatic rings. The molecule has 2 atom stereocenters. The molecule has 2 aromatic carbocycles. The van der Waals surface area contributed by atoms with E-state index in [2.05, 4.69) is 13.2 Å². The summed E-state index contributed by atoms with van der Waals surface area (Å²) < 4.78 is 11.1. The minimum Gasteiger partial charge on any atom is -0.440 e. The van der Waals surface area contributed by atoms with Crippen LogP contribution in [0, 0.1) is 0 Å². The molecule has 4 aliphatic heterocycles. The zero-order valence-corrected chi connectivity index (χ0v) is 21.9. The summed E-state index contributed by atoms with van der Waals surface area (Å²) in [6.07, 6.45) is 9.28. The van der Waals surface area contributed by atoms with Gasteiger partial charge in [0.2, 0.25) is 11.2 Å². The monoisotopic (exact) mass is 536 g/mol. The van der Waals surface area contributed by atoms with Crippen molar-refractivity contribution in [3.05, 3.63) is 108 Å². The van der Waals surface area contributed by atoms with E-state index < -0.39 is 23.1 Å². The Hall–Kier alpha value is -4.72. The fourth-order valence-electron chi connectivity index (χ4n) is 6.00. The number of carbonyl (C=O) groups excluding carboxylic acids is 4. The molecule has 8 nitrogen and oxygen atoms in total.